The van der Waals surface area contributed by atoms with Gasteiger partial charge in [0.1, 0.15) is 0 Å². The minimum Gasteiger partial charge on any atom is -0.482 e. The second-order valence-electron chi connectivity index (χ2n) is 4.55. The van der Waals surface area contributed by atoms with Crippen LogP contribution in [0.2, 0.25) is 0 Å². The van der Waals surface area contributed by atoms with Gasteiger partial charge in [0.05, 0.1) is 12.4 Å². The van der Waals surface area contributed by atoms with Gasteiger partial charge >= 0.3 is 0 Å². The third-order valence-electron chi connectivity index (χ3n) is 2.84. The zero-order valence-corrected chi connectivity index (χ0v) is 10.4. The summed E-state index contributed by atoms with van der Waals surface area (Å²) in [6.45, 7) is 3.34. The normalized spacial score (nSPS) is 14.9. The van der Waals surface area contributed by atoms with E-state index in [1.54, 1.807) is 6.20 Å². The molecule has 2 heterocycles. The number of hydrogen-bond acceptors (Lipinski definition) is 5. The van der Waals surface area contributed by atoms with Gasteiger partial charge in [0, 0.05) is 12.5 Å². The molecule has 3 rings (SSSR count). The topological polar surface area (TPSA) is 66.0 Å². The molecule has 1 aliphatic carbocycles. The Balaban J connectivity index is 1.55. The molecule has 18 heavy (non-hydrogen) atoms. The molecule has 1 aliphatic rings. The molecular formula is C12H16N4O2. The first-order chi connectivity index (χ1) is 8.85. The van der Waals surface area contributed by atoms with Crippen LogP contribution in [0.25, 0.3) is 0 Å². The SMILES string of the molecule is CCCn1cc(OCc2noc(C3CC3)n2)cn1. The number of ether oxygens (including phenoxy) is 1. The van der Waals surface area contributed by atoms with E-state index in [0.717, 1.165) is 37.4 Å². The highest BCUT2D eigenvalue weighted by molar-refractivity contribution is 5.12. The minimum absolute atomic E-state index is 0.327. The fourth-order valence-corrected chi connectivity index (χ4v) is 1.74. The maximum absolute atomic E-state index is 5.56. The summed E-state index contributed by atoms with van der Waals surface area (Å²) in [5, 5.41) is 8.09. The molecule has 0 aromatic carbocycles. The molecule has 1 saturated carbocycles. The number of hydrogen-bond donors (Lipinski definition) is 0. The van der Waals surface area contributed by atoms with Gasteiger partial charge in [-0.1, -0.05) is 12.1 Å². The average Bonchev–Trinajstić information content (AvgIpc) is 2.95. The fraction of sp³-hybridized carbons (Fsp3) is 0.583. The molecular weight excluding hydrogens is 232 g/mol. The maximum atomic E-state index is 5.56. The summed E-state index contributed by atoms with van der Waals surface area (Å²) in [6.07, 6.45) is 6.96. The molecule has 2 aromatic rings. The molecule has 0 saturated heterocycles. The predicted molar refractivity (Wildman–Crippen MR) is 63.1 cm³/mol. The molecule has 6 nitrogen and oxygen atoms in total. The molecule has 0 unspecified atom stereocenters. The Hall–Kier alpha value is -1.85. The van der Waals surface area contributed by atoms with Crippen LogP contribution >= 0.6 is 0 Å². The van der Waals surface area contributed by atoms with Crippen molar-refractivity contribution < 1.29 is 9.26 Å². The second-order valence-corrected chi connectivity index (χ2v) is 4.55. The highest BCUT2D eigenvalue weighted by atomic mass is 16.5. The van der Waals surface area contributed by atoms with Crippen molar-refractivity contribution in [3.63, 3.8) is 0 Å². The van der Waals surface area contributed by atoms with E-state index < -0.39 is 0 Å². The van der Waals surface area contributed by atoms with Crippen molar-refractivity contribution in [1.29, 1.82) is 0 Å². The molecule has 2 aromatic heterocycles. The average molecular weight is 248 g/mol. The summed E-state index contributed by atoms with van der Waals surface area (Å²) >= 11 is 0. The molecule has 0 aliphatic heterocycles. The van der Waals surface area contributed by atoms with Crippen LogP contribution in [-0.2, 0) is 13.2 Å². The van der Waals surface area contributed by atoms with E-state index in [2.05, 4.69) is 22.2 Å². The van der Waals surface area contributed by atoms with E-state index in [1.165, 1.54) is 0 Å². The Labute approximate surface area is 105 Å². The smallest absolute Gasteiger partial charge is 0.229 e. The predicted octanol–water partition coefficient (Wildman–Crippen LogP) is 2.13. The van der Waals surface area contributed by atoms with Crippen molar-refractivity contribution in [3.8, 4) is 5.75 Å². The first kappa shape index (κ1) is 11.3. The zero-order chi connectivity index (χ0) is 12.4. The van der Waals surface area contributed by atoms with Crippen molar-refractivity contribution in [3.05, 3.63) is 24.1 Å². The summed E-state index contributed by atoms with van der Waals surface area (Å²) in [7, 11) is 0. The summed E-state index contributed by atoms with van der Waals surface area (Å²) in [5.41, 5.74) is 0. The molecule has 0 atom stereocenters. The summed E-state index contributed by atoms with van der Waals surface area (Å²) in [4.78, 5) is 4.30. The lowest BCUT2D eigenvalue weighted by Gasteiger charge is -1.98. The molecule has 0 amide bonds. The third kappa shape index (κ3) is 2.52. The van der Waals surface area contributed by atoms with Crippen LogP contribution in [0.1, 0.15) is 43.8 Å². The van der Waals surface area contributed by atoms with E-state index in [-0.39, 0.29) is 0 Å². The molecule has 1 fully saturated rings. The fourth-order valence-electron chi connectivity index (χ4n) is 1.74. The summed E-state index contributed by atoms with van der Waals surface area (Å²) in [5.74, 6) is 2.56. The Morgan fingerprint density at radius 2 is 2.39 bits per heavy atom. The Kier molecular flexibility index (Phi) is 3.00. The van der Waals surface area contributed by atoms with Crippen LogP contribution in [0, 0.1) is 0 Å². The van der Waals surface area contributed by atoms with Crippen molar-refractivity contribution >= 4 is 0 Å². The lowest BCUT2D eigenvalue weighted by molar-refractivity contribution is 0.284. The Morgan fingerprint density at radius 1 is 1.50 bits per heavy atom. The first-order valence-electron chi connectivity index (χ1n) is 6.33. The second kappa shape index (κ2) is 4.80. The summed E-state index contributed by atoms with van der Waals surface area (Å²) < 4.78 is 12.6. The Bertz CT molecular complexity index is 516. The van der Waals surface area contributed by atoms with E-state index in [1.807, 2.05) is 10.9 Å². The zero-order valence-electron chi connectivity index (χ0n) is 10.4. The third-order valence-corrected chi connectivity index (χ3v) is 2.84. The van der Waals surface area contributed by atoms with Crippen LogP contribution in [0.4, 0.5) is 0 Å². The Morgan fingerprint density at radius 3 is 3.17 bits per heavy atom. The quantitative estimate of drug-likeness (QED) is 0.783. The van der Waals surface area contributed by atoms with Gasteiger partial charge in [0.25, 0.3) is 0 Å². The van der Waals surface area contributed by atoms with Crippen LogP contribution in [0.5, 0.6) is 5.75 Å². The van der Waals surface area contributed by atoms with Crippen molar-refractivity contribution in [2.45, 2.75) is 45.3 Å². The number of aromatic nitrogens is 4. The van der Waals surface area contributed by atoms with Gasteiger partial charge < -0.3 is 9.26 Å². The highest BCUT2D eigenvalue weighted by Crippen LogP contribution is 2.38. The van der Waals surface area contributed by atoms with Crippen molar-refractivity contribution in [1.82, 2.24) is 19.9 Å². The summed E-state index contributed by atoms with van der Waals surface area (Å²) in [6, 6.07) is 0. The molecule has 6 heteroatoms. The number of rotatable bonds is 6. The standard InChI is InChI=1S/C12H16N4O2/c1-2-5-16-7-10(6-13-16)17-8-11-14-12(18-15-11)9-3-4-9/h6-7,9H,2-5,8H2,1H3. The largest absolute Gasteiger partial charge is 0.482 e. The van der Waals surface area contributed by atoms with E-state index in [9.17, 15) is 0 Å². The van der Waals surface area contributed by atoms with Gasteiger partial charge in [0.2, 0.25) is 11.7 Å². The molecule has 96 valence electrons. The highest BCUT2D eigenvalue weighted by Gasteiger charge is 2.29. The minimum atomic E-state index is 0.327. The molecule has 0 spiro atoms. The monoisotopic (exact) mass is 248 g/mol. The van der Waals surface area contributed by atoms with Crippen LogP contribution in [0.3, 0.4) is 0 Å². The van der Waals surface area contributed by atoms with Crippen molar-refractivity contribution in [2.75, 3.05) is 0 Å². The maximum Gasteiger partial charge on any atom is 0.229 e. The molecule has 0 N–H and O–H groups in total. The molecule has 0 bridgehead atoms. The van der Waals surface area contributed by atoms with Gasteiger partial charge in [-0.15, -0.1) is 0 Å². The van der Waals surface area contributed by atoms with Gasteiger partial charge in [-0.25, -0.2) is 0 Å². The van der Waals surface area contributed by atoms with Crippen molar-refractivity contribution in [2.24, 2.45) is 0 Å². The number of nitrogens with zero attached hydrogens (tertiary/aromatic N) is 4. The lowest BCUT2D eigenvalue weighted by atomic mass is 10.4. The van der Waals surface area contributed by atoms with Gasteiger partial charge in [-0.2, -0.15) is 10.1 Å². The van der Waals surface area contributed by atoms with E-state index in [4.69, 9.17) is 9.26 Å². The first-order valence-corrected chi connectivity index (χ1v) is 6.33. The molecule has 0 radical (unpaired) electrons. The number of aryl methyl sites for hydroxylation is 1. The van der Waals surface area contributed by atoms with Crippen LogP contribution < -0.4 is 4.74 Å². The van der Waals surface area contributed by atoms with E-state index >= 15 is 0 Å². The van der Waals surface area contributed by atoms with Gasteiger partial charge in [-0.3, -0.25) is 4.68 Å². The van der Waals surface area contributed by atoms with E-state index in [0.29, 0.717) is 18.3 Å². The van der Waals surface area contributed by atoms with Crippen LogP contribution in [-0.4, -0.2) is 19.9 Å². The van der Waals surface area contributed by atoms with Gasteiger partial charge in [-0.05, 0) is 19.3 Å². The lowest BCUT2D eigenvalue weighted by Crippen LogP contribution is -1.98. The van der Waals surface area contributed by atoms with Crippen LogP contribution in [0.15, 0.2) is 16.9 Å². The van der Waals surface area contributed by atoms with Gasteiger partial charge in [0.15, 0.2) is 12.4 Å².